The number of hydrogen-bond donors (Lipinski definition) is 1. The minimum atomic E-state index is -4.05. The van der Waals surface area contributed by atoms with Crippen LogP contribution in [-0.4, -0.2) is 33.6 Å². The van der Waals surface area contributed by atoms with Crippen LogP contribution in [-0.2, 0) is 14.8 Å². The van der Waals surface area contributed by atoms with Crippen molar-refractivity contribution in [1.29, 1.82) is 0 Å². The normalized spacial score (nSPS) is 16.4. The average molecular weight is 509 g/mol. The molecule has 7 nitrogen and oxygen atoms in total. The van der Waals surface area contributed by atoms with E-state index in [4.69, 9.17) is 9.47 Å². The molecule has 0 saturated carbocycles. The van der Waals surface area contributed by atoms with Crippen molar-refractivity contribution >= 4 is 21.6 Å². The van der Waals surface area contributed by atoms with E-state index in [1.165, 1.54) is 19.2 Å². The molecule has 1 aliphatic rings. The molecule has 0 saturated heterocycles. The van der Waals surface area contributed by atoms with Crippen LogP contribution in [0, 0.1) is 0 Å². The fourth-order valence-corrected chi connectivity index (χ4v) is 6.11. The number of anilines is 1. The summed E-state index contributed by atoms with van der Waals surface area (Å²) >= 11 is 0. The molecule has 0 unspecified atom stereocenters. The second-order valence-electron chi connectivity index (χ2n) is 8.85. The van der Waals surface area contributed by atoms with E-state index in [2.05, 4.69) is 19.2 Å². The Bertz CT molecular complexity index is 1310. The number of benzene rings is 3. The lowest BCUT2D eigenvalue weighted by Crippen LogP contribution is -2.47. The van der Waals surface area contributed by atoms with E-state index in [-0.39, 0.29) is 10.9 Å². The Hall–Kier alpha value is -3.52. The van der Waals surface area contributed by atoms with Gasteiger partial charge in [-0.1, -0.05) is 62.4 Å². The van der Waals surface area contributed by atoms with Crippen molar-refractivity contribution in [2.75, 3.05) is 18.0 Å². The summed E-state index contributed by atoms with van der Waals surface area (Å²) in [6.07, 6.45) is 2.18. The highest BCUT2D eigenvalue weighted by molar-refractivity contribution is 7.92. The lowest BCUT2D eigenvalue weighted by atomic mass is 9.83. The standard InChI is InChI=1S/C28H32N2O5S/c1-4-28(5-2)19-23(22-15-9-11-17-25(22)35-28)29-27(31)20-30(24-16-10-12-18-26(24)34-3)36(32,33)21-13-7-6-8-14-21/h6-18,23H,4-5,19-20H2,1-3H3,(H,29,31)/t23-/m1/s1. The fraction of sp³-hybridized carbons (Fsp3) is 0.321. The Morgan fingerprint density at radius 3 is 2.33 bits per heavy atom. The van der Waals surface area contributed by atoms with Crippen molar-refractivity contribution < 1.29 is 22.7 Å². The number of nitrogens with zero attached hydrogens (tertiary/aromatic N) is 1. The zero-order valence-electron chi connectivity index (χ0n) is 20.8. The predicted octanol–water partition coefficient (Wildman–Crippen LogP) is 5.09. The zero-order valence-corrected chi connectivity index (χ0v) is 21.6. The van der Waals surface area contributed by atoms with Crippen LogP contribution in [0.4, 0.5) is 5.69 Å². The smallest absolute Gasteiger partial charge is 0.264 e. The maximum atomic E-state index is 13.7. The number of sulfonamides is 1. The molecule has 1 aliphatic heterocycles. The van der Waals surface area contributed by atoms with E-state index in [0.29, 0.717) is 17.9 Å². The van der Waals surface area contributed by atoms with E-state index in [9.17, 15) is 13.2 Å². The number of methoxy groups -OCH3 is 1. The summed E-state index contributed by atoms with van der Waals surface area (Å²) in [5.74, 6) is 0.691. The zero-order chi connectivity index (χ0) is 25.8. The van der Waals surface area contributed by atoms with Crippen molar-refractivity contribution in [3.63, 3.8) is 0 Å². The number of carbonyl (C=O) groups is 1. The summed E-state index contributed by atoms with van der Waals surface area (Å²) in [5, 5.41) is 3.09. The molecule has 0 fully saturated rings. The van der Waals surface area contributed by atoms with Gasteiger partial charge in [-0.3, -0.25) is 9.10 Å². The first kappa shape index (κ1) is 25.6. The number of amides is 1. The summed E-state index contributed by atoms with van der Waals surface area (Å²) in [7, 11) is -2.57. The number of ether oxygens (including phenoxy) is 2. The van der Waals surface area contributed by atoms with Crippen molar-refractivity contribution in [1.82, 2.24) is 5.32 Å². The van der Waals surface area contributed by atoms with Gasteiger partial charge in [-0.2, -0.15) is 0 Å². The molecule has 1 amide bonds. The van der Waals surface area contributed by atoms with Gasteiger partial charge in [0.2, 0.25) is 5.91 Å². The van der Waals surface area contributed by atoms with Crippen molar-refractivity contribution in [3.05, 3.63) is 84.4 Å². The number of para-hydroxylation sites is 3. The monoisotopic (exact) mass is 508 g/mol. The van der Waals surface area contributed by atoms with Crippen LogP contribution >= 0.6 is 0 Å². The Kier molecular flexibility index (Phi) is 7.54. The molecular weight excluding hydrogens is 476 g/mol. The van der Waals surface area contributed by atoms with E-state index in [1.54, 1.807) is 42.5 Å². The number of rotatable bonds is 9. The third kappa shape index (κ3) is 5.04. The summed E-state index contributed by atoms with van der Waals surface area (Å²) in [5.41, 5.74) is 0.783. The SMILES string of the molecule is CCC1(CC)C[C@@H](NC(=O)CN(c2ccccc2OC)S(=O)(=O)c2ccccc2)c2ccccc2O1. The number of nitrogens with one attached hydrogen (secondary N) is 1. The van der Waals surface area contributed by atoms with Crippen LogP contribution in [0.25, 0.3) is 0 Å². The molecule has 190 valence electrons. The number of hydrogen-bond acceptors (Lipinski definition) is 5. The molecule has 0 bridgehead atoms. The third-order valence-electron chi connectivity index (χ3n) is 6.79. The third-order valence-corrected chi connectivity index (χ3v) is 8.57. The van der Waals surface area contributed by atoms with Crippen molar-refractivity contribution in [2.24, 2.45) is 0 Å². The molecule has 36 heavy (non-hydrogen) atoms. The summed E-state index contributed by atoms with van der Waals surface area (Å²) < 4.78 is 40.3. The van der Waals surface area contributed by atoms with Crippen molar-refractivity contribution in [2.45, 2.75) is 49.6 Å². The topological polar surface area (TPSA) is 84.9 Å². The molecule has 0 radical (unpaired) electrons. The molecule has 3 aromatic carbocycles. The van der Waals surface area contributed by atoms with Crippen LogP contribution in [0.1, 0.15) is 44.7 Å². The van der Waals surface area contributed by atoms with E-state index < -0.39 is 28.1 Å². The second kappa shape index (κ2) is 10.6. The van der Waals surface area contributed by atoms with Crippen LogP contribution < -0.4 is 19.1 Å². The van der Waals surface area contributed by atoms with Gasteiger partial charge in [0.25, 0.3) is 10.0 Å². The maximum absolute atomic E-state index is 13.7. The van der Waals surface area contributed by atoms with Gasteiger partial charge in [-0.25, -0.2) is 8.42 Å². The Morgan fingerprint density at radius 1 is 1.00 bits per heavy atom. The van der Waals surface area contributed by atoms with Crippen LogP contribution in [0.2, 0.25) is 0 Å². The molecule has 8 heteroatoms. The average Bonchev–Trinajstić information content (AvgIpc) is 2.92. The summed E-state index contributed by atoms with van der Waals surface area (Å²) in [6, 6.07) is 22.2. The van der Waals surface area contributed by atoms with Gasteiger partial charge in [0.1, 0.15) is 23.6 Å². The van der Waals surface area contributed by atoms with Crippen LogP contribution in [0.15, 0.2) is 83.8 Å². The van der Waals surface area contributed by atoms with Gasteiger partial charge in [-0.15, -0.1) is 0 Å². The summed E-state index contributed by atoms with van der Waals surface area (Å²) in [6.45, 7) is 3.75. The van der Waals surface area contributed by atoms with Gasteiger partial charge in [0.15, 0.2) is 0 Å². The van der Waals surface area contributed by atoms with Gasteiger partial charge >= 0.3 is 0 Å². The quantitative estimate of drug-likeness (QED) is 0.435. The Balaban J connectivity index is 1.68. The van der Waals surface area contributed by atoms with Gasteiger partial charge in [0.05, 0.1) is 23.7 Å². The molecule has 0 spiro atoms. The lowest BCUT2D eigenvalue weighted by molar-refractivity contribution is -0.121. The molecule has 1 N–H and O–H groups in total. The molecular formula is C28H32N2O5S. The van der Waals surface area contributed by atoms with Gasteiger partial charge in [0, 0.05) is 12.0 Å². The maximum Gasteiger partial charge on any atom is 0.264 e. The first-order valence-corrected chi connectivity index (χ1v) is 13.6. The minimum Gasteiger partial charge on any atom is -0.495 e. The molecule has 3 aromatic rings. The Labute approximate surface area is 213 Å². The van der Waals surface area contributed by atoms with Gasteiger partial charge in [-0.05, 0) is 43.2 Å². The Morgan fingerprint density at radius 2 is 1.64 bits per heavy atom. The number of fused-ring (bicyclic) bond motifs is 1. The first-order chi connectivity index (χ1) is 17.3. The largest absolute Gasteiger partial charge is 0.495 e. The molecule has 1 heterocycles. The summed E-state index contributed by atoms with van der Waals surface area (Å²) in [4.78, 5) is 13.6. The highest BCUT2D eigenvalue weighted by atomic mass is 32.2. The highest BCUT2D eigenvalue weighted by Crippen LogP contribution is 2.42. The lowest BCUT2D eigenvalue weighted by Gasteiger charge is -2.41. The molecule has 0 aliphatic carbocycles. The van der Waals surface area contributed by atoms with Crippen LogP contribution in [0.5, 0.6) is 11.5 Å². The first-order valence-electron chi connectivity index (χ1n) is 12.1. The van der Waals surface area contributed by atoms with Crippen molar-refractivity contribution in [3.8, 4) is 11.5 Å². The minimum absolute atomic E-state index is 0.0936. The van der Waals surface area contributed by atoms with E-state index in [0.717, 1.165) is 28.5 Å². The second-order valence-corrected chi connectivity index (χ2v) is 10.7. The van der Waals surface area contributed by atoms with E-state index in [1.807, 2.05) is 24.3 Å². The number of carbonyl (C=O) groups excluding carboxylic acids is 1. The molecule has 4 rings (SSSR count). The molecule has 1 atom stereocenters. The molecule has 0 aromatic heterocycles. The van der Waals surface area contributed by atoms with E-state index >= 15 is 0 Å². The van der Waals surface area contributed by atoms with Crippen LogP contribution in [0.3, 0.4) is 0 Å². The highest BCUT2D eigenvalue weighted by Gasteiger charge is 2.39. The fourth-order valence-electron chi connectivity index (χ4n) is 4.66. The van der Waals surface area contributed by atoms with Gasteiger partial charge < -0.3 is 14.8 Å². The predicted molar refractivity (Wildman–Crippen MR) is 140 cm³/mol.